The monoisotopic (exact) mass is 347 g/mol. The molecule has 4 nitrogen and oxygen atoms in total. The van der Waals surface area contributed by atoms with Gasteiger partial charge in [0.05, 0.1) is 12.0 Å². The van der Waals surface area contributed by atoms with Crippen LogP contribution in [0.4, 0.5) is 0 Å². The zero-order chi connectivity index (χ0) is 17.9. The number of benzene rings is 2. The molecule has 0 unspecified atom stereocenters. The van der Waals surface area contributed by atoms with Gasteiger partial charge >= 0.3 is 0 Å². The Morgan fingerprint density at radius 1 is 1.04 bits per heavy atom. The molecule has 0 saturated carbocycles. The average Bonchev–Trinajstić information content (AvgIpc) is 2.55. The Morgan fingerprint density at radius 2 is 1.71 bits per heavy atom. The summed E-state index contributed by atoms with van der Waals surface area (Å²) in [5.41, 5.74) is 3.55. The van der Waals surface area contributed by atoms with Crippen LogP contribution in [0.3, 0.4) is 0 Å². The Hall–Kier alpha value is -1.85. The summed E-state index contributed by atoms with van der Waals surface area (Å²) in [6.45, 7) is 7.60. The highest BCUT2D eigenvalue weighted by Crippen LogP contribution is 2.28. The first kappa shape index (κ1) is 18.5. The SMILES string of the molecule is CC[C@@H](NS(=O)(=O)c1cc(C)c(OC)cc1C)c1ccccc1C. The zero-order valence-corrected chi connectivity index (χ0v) is 15.7. The third kappa shape index (κ3) is 3.79. The van der Waals surface area contributed by atoms with Gasteiger partial charge in [-0.05, 0) is 61.6 Å². The molecular formula is C19H25NO3S. The van der Waals surface area contributed by atoms with Crippen LogP contribution in [0, 0.1) is 20.8 Å². The van der Waals surface area contributed by atoms with Gasteiger partial charge in [-0.15, -0.1) is 0 Å². The standard InChI is InChI=1S/C19H25NO3S/c1-6-17(16-10-8-7-9-13(16)2)20-24(21,22)19-12-14(3)18(23-5)11-15(19)4/h7-12,17,20H,6H2,1-5H3/t17-/m1/s1. The minimum atomic E-state index is -3.62. The smallest absolute Gasteiger partial charge is 0.241 e. The quantitative estimate of drug-likeness (QED) is 0.858. The molecule has 2 rings (SSSR count). The summed E-state index contributed by atoms with van der Waals surface area (Å²) < 4.78 is 33.9. The molecule has 0 bridgehead atoms. The zero-order valence-electron chi connectivity index (χ0n) is 14.9. The molecule has 0 radical (unpaired) electrons. The molecule has 0 aliphatic carbocycles. The molecule has 5 heteroatoms. The van der Waals surface area contributed by atoms with Gasteiger partial charge in [0.25, 0.3) is 0 Å². The van der Waals surface area contributed by atoms with Crippen LogP contribution in [-0.4, -0.2) is 15.5 Å². The van der Waals surface area contributed by atoms with Gasteiger partial charge in [-0.2, -0.15) is 0 Å². The van der Waals surface area contributed by atoms with E-state index in [1.54, 1.807) is 26.2 Å². The molecule has 2 aromatic rings. The minimum absolute atomic E-state index is 0.252. The number of methoxy groups -OCH3 is 1. The van der Waals surface area contributed by atoms with Crippen LogP contribution in [0.25, 0.3) is 0 Å². The summed E-state index contributed by atoms with van der Waals surface area (Å²) >= 11 is 0. The van der Waals surface area contributed by atoms with E-state index in [4.69, 9.17) is 4.74 Å². The highest BCUT2D eigenvalue weighted by Gasteiger charge is 2.23. The van der Waals surface area contributed by atoms with Gasteiger partial charge in [0, 0.05) is 6.04 Å². The van der Waals surface area contributed by atoms with Crippen LogP contribution in [0.15, 0.2) is 41.3 Å². The van der Waals surface area contributed by atoms with E-state index in [1.807, 2.05) is 45.0 Å². The van der Waals surface area contributed by atoms with Gasteiger partial charge in [-0.1, -0.05) is 31.2 Å². The van der Waals surface area contributed by atoms with Crippen molar-refractivity contribution in [3.63, 3.8) is 0 Å². The number of aryl methyl sites for hydroxylation is 3. The fourth-order valence-electron chi connectivity index (χ4n) is 2.87. The summed E-state index contributed by atoms with van der Waals surface area (Å²) in [4.78, 5) is 0.299. The van der Waals surface area contributed by atoms with Crippen molar-refractivity contribution >= 4 is 10.0 Å². The Bertz CT molecular complexity index is 829. The maximum atomic E-state index is 12.9. The third-order valence-electron chi connectivity index (χ3n) is 4.25. The summed E-state index contributed by atoms with van der Waals surface area (Å²) in [6, 6.07) is 11.0. The van der Waals surface area contributed by atoms with E-state index < -0.39 is 10.0 Å². The maximum Gasteiger partial charge on any atom is 0.241 e. The van der Waals surface area contributed by atoms with Crippen molar-refractivity contribution in [3.8, 4) is 5.75 Å². The first-order valence-corrected chi connectivity index (χ1v) is 9.51. The number of sulfonamides is 1. The summed E-state index contributed by atoms with van der Waals surface area (Å²) in [5.74, 6) is 0.692. The predicted octanol–water partition coefficient (Wildman–Crippen LogP) is 4.05. The second-order valence-electron chi connectivity index (χ2n) is 6.03. The fraction of sp³-hybridized carbons (Fsp3) is 0.368. The molecule has 1 atom stereocenters. The highest BCUT2D eigenvalue weighted by atomic mass is 32.2. The van der Waals surface area contributed by atoms with Crippen LogP contribution in [0.2, 0.25) is 0 Å². The Balaban J connectivity index is 2.41. The lowest BCUT2D eigenvalue weighted by Gasteiger charge is -2.21. The van der Waals surface area contributed by atoms with Crippen LogP contribution < -0.4 is 9.46 Å². The molecule has 0 aliphatic rings. The average molecular weight is 347 g/mol. The number of nitrogens with one attached hydrogen (secondary N) is 1. The summed E-state index contributed by atoms with van der Waals surface area (Å²) in [5, 5.41) is 0. The number of ether oxygens (including phenoxy) is 1. The molecule has 0 heterocycles. The van der Waals surface area contributed by atoms with E-state index in [-0.39, 0.29) is 6.04 Å². The second-order valence-corrected chi connectivity index (χ2v) is 7.71. The van der Waals surface area contributed by atoms with Crippen molar-refractivity contribution < 1.29 is 13.2 Å². The van der Waals surface area contributed by atoms with Gasteiger partial charge in [0.2, 0.25) is 10.0 Å². The molecule has 2 aromatic carbocycles. The van der Waals surface area contributed by atoms with E-state index in [1.165, 1.54) is 0 Å². The van der Waals surface area contributed by atoms with Crippen molar-refractivity contribution in [1.82, 2.24) is 4.72 Å². The van der Waals surface area contributed by atoms with Gasteiger partial charge in [0.15, 0.2) is 0 Å². The lowest BCUT2D eigenvalue weighted by atomic mass is 10.0. The van der Waals surface area contributed by atoms with Crippen molar-refractivity contribution in [2.75, 3.05) is 7.11 Å². The van der Waals surface area contributed by atoms with Gasteiger partial charge in [-0.3, -0.25) is 0 Å². The maximum absolute atomic E-state index is 12.9. The summed E-state index contributed by atoms with van der Waals surface area (Å²) in [6.07, 6.45) is 0.679. The van der Waals surface area contributed by atoms with Crippen molar-refractivity contribution in [3.05, 3.63) is 58.7 Å². The molecule has 1 N–H and O–H groups in total. The normalized spacial score (nSPS) is 12.9. The Morgan fingerprint density at radius 3 is 2.29 bits per heavy atom. The molecule has 0 amide bonds. The lowest BCUT2D eigenvalue weighted by molar-refractivity contribution is 0.411. The fourth-order valence-corrected chi connectivity index (χ4v) is 4.48. The van der Waals surface area contributed by atoms with Crippen molar-refractivity contribution in [2.45, 2.75) is 45.1 Å². The van der Waals surface area contributed by atoms with Crippen LogP contribution in [-0.2, 0) is 10.0 Å². The predicted molar refractivity (Wildman–Crippen MR) is 97.0 cm³/mol. The molecule has 24 heavy (non-hydrogen) atoms. The molecule has 0 saturated heterocycles. The third-order valence-corrected chi connectivity index (χ3v) is 5.87. The van der Waals surface area contributed by atoms with E-state index in [2.05, 4.69) is 4.72 Å². The summed E-state index contributed by atoms with van der Waals surface area (Å²) in [7, 11) is -2.04. The minimum Gasteiger partial charge on any atom is -0.496 e. The molecule has 0 spiro atoms. The van der Waals surface area contributed by atoms with E-state index in [0.717, 1.165) is 16.7 Å². The molecule has 0 aliphatic heterocycles. The van der Waals surface area contributed by atoms with Gasteiger partial charge < -0.3 is 4.74 Å². The molecular weight excluding hydrogens is 322 g/mol. The largest absolute Gasteiger partial charge is 0.496 e. The van der Waals surface area contributed by atoms with Crippen LogP contribution in [0.1, 0.15) is 41.6 Å². The number of hydrogen-bond donors (Lipinski definition) is 1. The first-order valence-electron chi connectivity index (χ1n) is 8.03. The van der Waals surface area contributed by atoms with Gasteiger partial charge in [0.1, 0.15) is 5.75 Å². The van der Waals surface area contributed by atoms with Crippen molar-refractivity contribution in [2.24, 2.45) is 0 Å². The van der Waals surface area contributed by atoms with E-state index in [0.29, 0.717) is 22.6 Å². The van der Waals surface area contributed by atoms with Crippen molar-refractivity contribution in [1.29, 1.82) is 0 Å². The second kappa shape index (κ2) is 7.36. The topological polar surface area (TPSA) is 55.4 Å². The Labute approximate surface area is 144 Å². The molecule has 0 fully saturated rings. The number of hydrogen-bond acceptors (Lipinski definition) is 3. The lowest BCUT2D eigenvalue weighted by Crippen LogP contribution is -2.29. The Kier molecular flexibility index (Phi) is 5.67. The van der Waals surface area contributed by atoms with Gasteiger partial charge in [-0.25, -0.2) is 13.1 Å². The highest BCUT2D eigenvalue weighted by molar-refractivity contribution is 7.89. The molecule has 130 valence electrons. The van der Waals surface area contributed by atoms with E-state index in [9.17, 15) is 8.42 Å². The molecule has 0 aromatic heterocycles. The van der Waals surface area contributed by atoms with Crippen LogP contribution in [0.5, 0.6) is 5.75 Å². The van der Waals surface area contributed by atoms with Crippen LogP contribution >= 0.6 is 0 Å². The number of rotatable bonds is 6. The van der Waals surface area contributed by atoms with E-state index >= 15 is 0 Å². The first-order chi connectivity index (χ1) is 11.3.